The van der Waals surface area contributed by atoms with Gasteiger partial charge in [-0.15, -0.1) is 11.8 Å². The van der Waals surface area contributed by atoms with Crippen LogP contribution in [0.2, 0.25) is 0 Å². The number of rotatable bonds is 11. The lowest BCUT2D eigenvalue weighted by molar-refractivity contribution is -0.139. The molecule has 0 aliphatic rings. The van der Waals surface area contributed by atoms with Crippen LogP contribution in [-0.4, -0.2) is 35.1 Å². The van der Waals surface area contributed by atoms with Crippen LogP contribution in [0.3, 0.4) is 0 Å². The SMILES string of the molecule is CCNC(=O)[C@H](Cc1ccccc1)N(Cc1cccc(C)c1)C(=O)CSCc1cc(C)cc(C)c1. The zero-order chi connectivity index (χ0) is 25.2. The molecule has 0 unspecified atom stereocenters. The van der Waals surface area contributed by atoms with Crippen molar-refractivity contribution >= 4 is 23.6 Å². The fraction of sp³-hybridized carbons (Fsp3) is 0.333. The number of carbonyl (C=O) groups is 2. The van der Waals surface area contributed by atoms with Gasteiger partial charge in [-0.2, -0.15) is 0 Å². The minimum absolute atomic E-state index is 0.0203. The van der Waals surface area contributed by atoms with E-state index in [0.29, 0.717) is 25.3 Å². The molecular formula is C30H36N2O2S. The Hall–Kier alpha value is -3.05. The van der Waals surface area contributed by atoms with Crippen molar-refractivity contribution < 1.29 is 9.59 Å². The number of hydrogen-bond acceptors (Lipinski definition) is 3. The number of aryl methyl sites for hydroxylation is 3. The first-order valence-corrected chi connectivity index (χ1v) is 13.3. The third-order valence-electron chi connectivity index (χ3n) is 5.83. The summed E-state index contributed by atoms with van der Waals surface area (Å²) in [5, 5.41) is 2.95. The highest BCUT2D eigenvalue weighted by Crippen LogP contribution is 2.20. The summed E-state index contributed by atoms with van der Waals surface area (Å²) in [6.07, 6.45) is 0.478. The largest absolute Gasteiger partial charge is 0.355 e. The Morgan fingerprint density at radius 2 is 1.49 bits per heavy atom. The van der Waals surface area contributed by atoms with Crippen molar-refractivity contribution in [3.63, 3.8) is 0 Å². The molecule has 0 saturated heterocycles. The molecule has 0 heterocycles. The Morgan fingerprint density at radius 1 is 0.829 bits per heavy atom. The normalized spacial score (nSPS) is 11.7. The average Bonchev–Trinajstić information content (AvgIpc) is 2.81. The number of thioether (sulfide) groups is 1. The van der Waals surface area contributed by atoms with E-state index in [1.54, 1.807) is 16.7 Å². The Balaban J connectivity index is 1.83. The van der Waals surface area contributed by atoms with Gasteiger partial charge in [0.1, 0.15) is 6.04 Å². The van der Waals surface area contributed by atoms with Crippen LogP contribution in [0.5, 0.6) is 0 Å². The maximum Gasteiger partial charge on any atom is 0.243 e. The van der Waals surface area contributed by atoms with Crippen molar-refractivity contribution in [1.29, 1.82) is 0 Å². The van der Waals surface area contributed by atoms with Crippen molar-refractivity contribution in [1.82, 2.24) is 10.2 Å². The second-order valence-corrected chi connectivity index (χ2v) is 10.1. The molecule has 0 bridgehead atoms. The van der Waals surface area contributed by atoms with E-state index >= 15 is 0 Å². The number of nitrogens with one attached hydrogen (secondary N) is 1. The number of nitrogens with zero attached hydrogens (tertiary/aromatic N) is 1. The van der Waals surface area contributed by atoms with E-state index in [2.05, 4.69) is 43.4 Å². The molecule has 0 saturated carbocycles. The van der Waals surface area contributed by atoms with Crippen molar-refractivity contribution in [3.8, 4) is 0 Å². The first-order valence-electron chi connectivity index (χ1n) is 12.2. The van der Waals surface area contributed by atoms with Crippen LogP contribution in [0.25, 0.3) is 0 Å². The van der Waals surface area contributed by atoms with Crippen LogP contribution in [0.4, 0.5) is 0 Å². The standard InChI is InChI=1S/C30H36N2O2S/c1-5-31-30(34)28(18-25-11-7-6-8-12-25)32(19-26-13-9-10-22(2)15-26)29(33)21-35-20-27-16-23(3)14-24(4)17-27/h6-17,28H,5,18-21H2,1-4H3,(H,31,34)/t28-/m0/s1. The highest BCUT2D eigenvalue weighted by molar-refractivity contribution is 7.99. The Kier molecular flexibility index (Phi) is 9.98. The number of hydrogen-bond donors (Lipinski definition) is 1. The summed E-state index contributed by atoms with van der Waals surface area (Å²) in [6, 6.07) is 24.0. The summed E-state index contributed by atoms with van der Waals surface area (Å²) >= 11 is 1.60. The maximum atomic E-state index is 13.6. The van der Waals surface area contributed by atoms with Gasteiger partial charge in [0.25, 0.3) is 0 Å². The van der Waals surface area contributed by atoms with Crippen LogP contribution in [-0.2, 0) is 28.3 Å². The summed E-state index contributed by atoms with van der Waals surface area (Å²) in [7, 11) is 0. The lowest BCUT2D eigenvalue weighted by Gasteiger charge is -2.31. The quantitative estimate of drug-likeness (QED) is 0.381. The van der Waals surface area contributed by atoms with Crippen molar-refractivity contribution in [3.05, 3.63) is 106 Å². The number of amides is 2. The second kappa shape index (κ2) is 13.1. The van der Waals surface area contributed by atoms with Crippen molar-refractivity contribution in [2.45, 2.75) is 52.5 Å². The highest BCUT2D eigenvalue weighted by atomic mass is 32.2. The third-order valence-corrected chi connectivity index (χ3v) is 6.82. The van der Waals surface area contributed by atoms with Gasteiger partial charge in [-0.05, 0) is 44.4 Å². The molecule has 35 heavy (non-hydrogen) atoms. The predicted octanol–water partition coefficient (Wildman–Crippen LogP) is 5.62. The predicted molar refractivity (Wildman–Crippen MR) is 146 cm³/mol. The van der Waals surface area contributed by atoms with Crippen molar-refractivity contribution in [2.24, 2.45) is 0 Å². The third kappa shape index (κ3) is 8.29. The molecule has 5 heteroatoms. The summed E-state index contributed by atoms with van der Waals surface area (Å²) in [5.41, 5.74) is 6.87. The summed E-state index contributed by atoms with van der Waals surface area (Å²) in [5.74, 6) is 0.949. The van der Waals surface area contributed by atoms with Gasteiger partial charge < -0.3 is 10.2 Å². The van der Waals surface area contributed by atoms with Crippen LogP contribution < -0.4 is 5.32 Å². The first kappa shape index (κ1) is 26.6. The van der Waals surface area contributed by atoms with Crippen LogP contribution in [0, 0.1) is 20.8 Å². The molecule has 184 valence electrons. The minimum atomic E-state index is -0.577. The lowest BCUT2D eigenvalue weighted by Crippen LogP contribution is -2.51. The van der Waals surface area contributed by atoms with E-state index in [1.807, 2.05) is 62.4 Å². The molecular weight excluding hydrogens is 452 g/mol. The van der Waals surface area contributed by atoms with E-state index in [4.69, 9.17) is 0 Å². The van der Waals surface area contributed by atoms with Gasteiger partial charge in [0.15, 0.2) is 0 Å². The fourth-order valence-electron chi connectivity index (χ4n) is 4.34. The molecule has 0 aliphatic carbocycles. The highest BCUT2D eigenvalue weighted by Gasteiger charge is 2.30. The average molecular weight is 489 g/mol. The molecule has 3 aromatic rings. The van der Waals surface area contributed by atoms with Gasteiger partial charge in [0.2, 0.25) is 11.8 Å². The van der Waals surface area contributed by atoms with Gasteiger partial charge in [-0.25, -0.2) is 0 Å². The molecule has 0 aromatic heterocycles. The summed E-state index contributed by atoms with van der Waals surface area (Å²) in [4.78, 5) is 28.6. The van der Waals surface area contributed by atoms with Gasteiger partial charge in [0.05, 0.1) is 5.75 Å². The molecule has 4 nitrogen and oxygen atoms in total. The molecule has 0 fully saturated rings. The zero-order valence-corrected chi connectivity index (χ0v) is 22.0. The number of likely N-dealkylation sites (N-methyl/N-ethyl adjacent to an activating group) is 1. The first-order chi connectivity index (χ1) is 16.9. The molecule has 2 amide bonds. The summed E-state index contributed by atoms with van der Waals surface area (Å²) < 4.78 is 0. The molecule has 3 rings (SSSR count). The van der Waals surface area contributed by atoms with Crippen LogP contribution in [0.1, 0.15) is 40.3 Å². The van der Waals surface area contributed by atoms with E-state index in [-0.39, 0.29) is 11.8 Å². The van der Waals surface area contributed by atoms with Gasteiger partial charge in [-0.1, -0.05) is 89.5 Å². The molecule has 0 spiro atoms. The van der Waals surface area contributed by atoms with Gasteiger partial charge in [-0.3, -0.25) is 9.59 Å². The van der Waals surface area contributed by atoms with E-state index in [9.17, 15) is 9.59 Å². The van der Waals surface area contributed by atoms with Crippen LogP contribution in [0.15, 0.2) is 72.8 Å². The fourth-order valence-corrected chi connectivity index (χ4v) is 5.19. The molecule has 3 aromatic carbocycles. The zero-order valence-electron chi connectivity index (χ0n) is 21.2. The van der Waals surface area contributed by atoms with Gasteiger partial charge >= 0.3 is 0 Å². The maximum absolute atomic E-state index is 13.6. The lowest BCUT2D eigenvalue weighted by atomic mass is 10.0. The summed E-state index contributed by atoms with van der Waals surface area (Å²) in [6.45, 7) is 9.06. The van der Waals surface area contributed by atoms with E-state index < -0.39 is 6.04 Å². The second-order valence-electron chi connectivity index (χ2n) is 9.10. The van der Waals surface area contributed by atoms with E-state index in [0.717, 1.165) is 22.4 Å². The van der Waals surface area contributed by atoms with Crippen molar-refractivity contribution in [2.75, 3.05) is 12.3 Å². The topological polar surface area (TPSA) is 49.4 Å². The molecule has 1 atom stereocenters. The Bertz CT molecular complexity index is 1110. The monoisotopic (exact) mass is 488 g/mol. The molecule has 0 radical (unpaired) electrons. The minimum Gasteiger partial charge on any atom is -0.355 e. The van der Waals surface area contributed by atoms with Crippen LogP contribution >= 0.6 is 11.8 Å². The molecule has 0 aliphatic heterocycles. The smallest absolute Gasteiger partial charge is 0.243 e. The number of benzene rings is 3. The Morgan fingerprint density at radius 3 is 2.14 bits per heavy atom. The molecule has 1 N–H and O–H groups in total. The number of carbonyl (C=O) groups excluding carboxylic acids is 2. The van der Waals surface area contributed by atoms with Gasteiger partial charge in [0, 0.05) is 25.3 Å². The Labute approximate surface area is 214 Å². The van der Waals surface area contributed by atoms with E-state index in [1.165, 1.54) is 16.7 Å².